The number of halogens is 1. The predicted octanol–water partition coefficient (Wildman–Crippen LogP) is 4.07. The van der Waals surface area contributed by atoms with Crippen molar-refractivity contribution in [2.45, 2.75) is 37.7 Å². The Morgan fingerprint density at radius 2 is 2.00 bits per heavy atom. The molecule has 7 nitrogen and oxygen atoms in total. The van der Waals surface area contributed by atoms with Crippen molar-refractivity contribution >= 4 is 43.2 Å². The summed E-state index contributed by atoms with van der Waals surface area (Å²) in [4.78, 5) is 12.3. The maximum absolute atomic E-state index is 12.9. The van der Waals surface area contributed by atoms with Gasteiger partial charge in [-0.3, -0.25) is 9.52 Å². The average Bonchev–Trinajstić information content (AvgIpc) is 3.20. The molecule has 29 heavy (non-hydrogen) atoms. The molecular formula is C20H23BrN2O5S. The van der Waals surface area contributed by atoms with Gasteiger partial charge in [0, 0.05) is 12.3 Å². The Hall–Kier alpha value is -2.10. The molecule has 0 aliphatic carbocycles. The van der Waals surface area contributed by atoms with Gasteiger partial charge in [0.1, 0.15) is 11.9 Å². The Bertz CT molecular complexity index is 1000. The molecule has 0 aromatic heterocycles. The minimum Gasteiger partial charge on any atom is -0.493 e. The Kier molecular flexibility index (Phi) is 6.81. The van der Waals surface area contributed by atoms with E-state index < -0.39 is 16.1 Å². The van der Waals surface area contributed by atoms with E-state index in [0.29, 0.717) is 46.8 Å². The van der Waals surface area contributed by atoms with Crippen molar-refractivity contribution in [1.29, 1.82) is 0 Å². The van der Waals surface area contributed by atoms with Crippen LogP contribution in [-0.2, 0) is 19.6 Å². The number of ether oxygens (including phenoxy) is 2. The number of amides is 1. The molecule has 2 aromatic rings. The largest absolute Gasteiger partial charge is 0.493 e. The monoisotopic (exact) mass is 482 g/mol. The first-order valence-electron chi connectivity index (χ1n) is 9.28. The number of benzene rings is 2. The molecule has 1 aliphatic heterocycles. The molecule has 0 radical (unpaired) electrons. The third-order valence-corrected chi connectivity index (χ3v) is 6.59. The summed E-state index contributed by atoms with van der Waals surface area (Å²) >= 11 is 3.38. The van der Waals surface area contributed by atoms with E-state index in [2.05, 4.69) is 26.0 Å². The van der Waals surface area contributed by atoms with Gasteiger partial charge >= 0.3 is 0 Å². The average molecular weight is 483 g/mol. The molecule has 156 valence electrons. The molecule has 0 spiro atoms. The summed E-state index contributed by atoms with van der Waals surface area (Å²) in [5.41, 5.74) is 1.37. The zero-order valence-corrected chi connectivity index (χ0v) is 18.6. The van der Waals surface area contributed by atoms with Gasteiger partial charge in [-0.25, -0.2) is 8.42 Å². The first-order chi connectivity index (χ1) is 13.8. The number of anilines is 2. The Labute approximate surface area is 179 Å². The molecule has 1 aliphatic rings. The minimum atomic E-state index is -3.86. The Morgan fingerprint density at radius 1 is 1.24 bits per heavy atom. The summed E-state index contributed by atoms with van der Waals surface area (Å²) in [7, 11) is -3.86. The van der Waals surface area contributed by atoms with Crippen LogP contribution in [-0.4, -0.2) is 33.6 Å². The highest BCUT2D eigenvalue weighted by molar-refractivity contribution is 9.10. The van der Waals surface area contributed by atoms with Crippen molar-refractivity contribution in [3.63, 3.8) is 0 Å². The lowest BCUT2D eigenvalue weighted by atomic mass is 10.2. The SMILES string of the molecule is CCOc1ccc(NS(=O)(=O)c2cc(NC(=O)C3CCCO3)ccc2C)cc1Br. The van der Waals surface area contributed by atoms with Gasteiger partial charge in [-0.1, -0.05) is 6.07 Å². The minimum absolute atomic E-state index is 0.0904. The lowest BCUT2D eigenvalue weighted by Gasteiger charge is -2.15. The van der Waals surface area contributed by atoms with Crippen LogP contribution in [0.25, 0.3) is 0 Å². The van der Waals surface area contributed by atoms with Crippen LogP contribution in [0.1, 0.15) is 25.3 Å². The topological polar surface area (TPSA) is 93.7 Å². The van der Waals surface area contributed by atoms with Crippen LogP contribution in [0.15, 0.2) is 45.8 Å². The quantitative estimate of drug-likeness (QED) is 0.619. The molecule has 3 rings (SSSR count). The summed E-state index contributed by atoms with van der Waals surface area (Å²) in [6.07, 6.45) is 1.01. The highest BCUT2D eigenvalue weighted by Gasteiger charge is 2.24. The molecular weight excluding hydrogens is 460 g/mol. The number of nitrogens with one attached hydrogen (secondary N) is 2. The van der Waals surface area contributed by atoms with Crippen LogP contribution < -0.4 is 14.8 Å². The number of aryl methyl sites for hydroxylation is 1. The van der Waals surface area contributed by atoms with Crippen LogP contribution in [0.3, 0.4) is 0 Å². The van der Waals surface area contributed by atoms with Gasteiger partial charge in [-0.15, -0.1) is 0 Å². The second-order valence-corrected chi connectivity index (χ2v) is 9.16. The number of hydrogen-bond donors (Lipinski definition) is 2. The number of sulfonamides is 1. The van der Waals surface area contributed by atoms with Gasteiger partial charge in [0.2, 0.25) is 0 Å². The van der Waals surface area contributed by atoms with Gasteiger partial charge < -0.3 is 14.8 Å². The maximum Gasteiger partial charge on any atom is 0.262 e. The third kappa shape index (κ3) is 5.29. The molecule has 0 bridgehead atoms. The standard InChI is InChI=1S/C20H23BrN2O5S/c1-3-27-17-9-8-15(11-16(17)21)23-29(25,26)19-12-14(7-6-13(19)2)22-20(24)18-5-4-10-28-18/h6-9,11-12,18,23H,3-5,10H2,1-2H3,(H,22,24). The normalized spacial score (nSPS) is 16.4. The molecule has 1 saturated heterocycles. The van der Waals surface area contributed by atoms with Crippen LogP contribution in [0.4, 0.5) is 11.4 Å². The van der Waals surface area contributed by atoms with Crippen molar-refractivity contribution in [3.8, 4) is 5.75 Å². The summed E-state index contributed by atoms with van der Waals surface area (Å²) in [5.74, 6) is 0.364. The Balaban J connectivity index is 1.80. The number of hydrogen-bond acceptors (Lipinski definition) is 5. The van der Waals surface area contributed by atoms with Crippen LogP contribution in [0.2, 0.25) is 0 Å². The fraction of sp³-hybridized carbons (Fsp3) is 0.350. The van der Waals surface area contributed by atoms with E-state index in [0.717, 1.165) is 6.42 Å². The lowest BCUT2D eigenvalue weighted by Crippen LogP contribution is -2.27. The third-order valence-electron chi connectivity index (χ3n) is 4.45. The smallest absolute Gasteiger partial charge is 0.262 e. The van der Waals surface area contributed by atoms with E-state index in [1.54, 1.807) is 37.3 Å². The van der Waals surface area contributed by atoms with Crippen LogP contribution in [0.5, 0.6) is 5.75 Å². The van der Waals surface area contributed by atoms with Gasteiger partial charge in [-0.2, -0.15) is 0 Å². The van der Waals surface area contributed by atoms with E-state index in [1.807, 2.05) is 6.92 Å². The molecule has 2 N–H and O–H groups in total. The molecule has 1 heterocycles. The zero-order valence-electron chi connectivity index (χ0n) is 16.2. The van der Waals surface area contributed by atoms with E-state index in [4.69, 9.17) is 9.47 Å². The lowest BCUT2D eigenvalue weighted by molar-refractivity contribution is -0.124. The second kappa shape index (κ2) is 9.15. The predicted molar refractivity (Wildman–Crippen MR) is 115 cm³/mol. The summed E-state index contributed by atoms with van der Waals surface area (Å²) < 4.78 is 39.9. The molecule has 1 amide bonds. The van der Waals surface area contributed by atoms with Crippen LogP contribution in [0, 0.1) is 6.92 Å². The molecule has 9 heteroatoms. The van der Waals surface area contributed by atoms with Crippen LogP contribution >= 0.6 is 15.9 Å². The van der Waals surface area contributed by atoms with Gasteiger partial charge in [-0.05, 0) is 78.5 Å². The van der Waals surface area contributed by atoms with Crippen molar-refractivity contribution < 1.29 is 22.7 Å². The van der Waals surface area contributed by atoms with Crippen molar-refractivity contribution in [1.82, 2.24) is 0 Å². The molecule has 0 saturated carbocycles. The van der Waals surface area contributed by atoms with Gasteiger partial charge in [0.15, 0.2) is 0 Å². The first kappa shape index (κ1) is 21.6. The van der Waals surface area contributed by atoms with Gasteiger partial charge in [0.25, 0.3) is 15.9 Å². The highest BCUT2D eigenvalue weighted by Crippen LogP contribution is 2.30. The van der Waals surface area contributed by atoms with E-state index in [1.165, 1.54) is 6.07 Å². The molecule has 1 fully saturated rings. The Morgan fingerprint density at radius 3 is 2.66 bits per heavy atom. The van der Waals surface area contributed by atoms with E-state index >= 15 is 0 Å². The van der Waals surface area contributed by atoms with Crippen molar-refractivity contribution in [3.05, 3.63) is 46.4 Å². The van der Waals surface area contributed by atoms with E-state index in [-0.39, 0.29) is 10.8 Å². The van der Waals surface area contributed by atoms with E-state index in [9.17, 15) is 13.2 Å². The number of carbonyl (C=O) groups is 1. The number of rotatable bonds is 7. The van der Waals surface area contributed by atoms with Crippen molar-refractivity contribution in [2.24, 2.45) is 0 Å². The fourth-order valence-electron chi connectivity index (χ4n) is 3.02. The summed E-state index contributed by atoms with van der Waals surface area (Å²) in [6, 6.07) is 9.75. The fourth-order valence-corrected chi connectivity index (χ4v) is 4.84. The zero-order chi connectivity index (χ0) is 21.0. The molecule has 2 aromatic carbocycles. The summed E-state index contributed by atoms with van der Waals surface area (Å²) in [5, 5.41) is 2.74. The second-order valence-electron chi connectivity index (χ2n) is 6.65. The van der Waals surface area contributed by atoms with Crippen molar-refractivity contribution in [2.75, 3.05) is 23.3 Å². The summed E-state index contributed by atoms with van der Waals surface area (Å²) in [6.45, 7) is 4.64. The first-order valence-corrected chi connectivity index (χ1v) is 11.6. The molecule has 1 atom stereocenters. The molecule has 1 unspecified atom stereocenters. The maximum atomic E-state index is 12.9. The number of carbonyl (C=O) groups excluding carboxylic acids is 1. The van der Waals surface area contributed by atoms with Gasteiger partial charge in [0.05, 0.1) is 21.7 Å². The highest BCUT2D eigenvalue weighted by atomic mass is 79.9.